The summed E-state index contributed by atoms with van der Waals surface area (Å²) in [7, 11) is 0. The summed E-state index contributed by atoms with van der Waals surface area (Å²) in [6, 6.07) is 24.1. The van der Waals surface area contributed by atoms with Crippen LogP contribution >= 0.6 is 0 Å². The molecule has 0 aliphatic carbocycles. The first-order valence-corrected chi connectivity index (χ1v) is 6.64. The quantitative estimate of drug-likeness (QED) is 0.289. The Morgan fingerprint density at radius 2 is 1.04 bits per heavy atom. The van der Waals surface area contributed by atoms with Gasteiger partial charge in [-0.2, -0.15) is 0 Å². The summed E-state index contributed by atoms with van der Waals surface area (Å²) in [5.74, 6) is 0. The molecule has 4 rings (SSSR count). The van der Waals surface area contributed by atoms with E-state index in [-0.39, 0.29) is 29.7 Å². The van der Waals surface area contributed by atoms with Crippen LogP contribution in [-0.2, 0) is 0 Å². The second-order valence-electron chi connectivity index (χ2n) is 5.12. The topological polar surface area (TPSA) is 0 Å². The van der Waals surface area contributed by atoms with E-state index in [9.17, 15) is 0 Å². The van der Waals surface area contributed by atoms with E-state index in [0.29, 0.717) is 0 Å². The maximum atomic E-state index is 2.30. The predicted molar refractivity (Wildman–Crippen MR) is 111 cm³/mol. The second kappa shape index (κ2) is 7.78. The highest BCUT2D eigenvalue weighted by Crippen LogP contribution is 2.33. The molecule has 0 heteroatoms. The van der Waals surface area contributed by atoms with Gasteiger partial charge in [-0.1, -0.05) is 96.4 Å². The molecule has 0 unspecified atom stereocenters. The second-order valence-corrected chi connectivity index (χ2v) is 5.12. The molecule has 0 aliphatic rings. The zero-order valence-corrected chi connectivity index (χ0v) is 10.9. The van der Waals surface area contributed by atoms with E-state index in [1.54, 1.807) is 0 Å². The van der Waals surface area contributed by atoms with Crippen molar-refractivity contribution in [2.24, 2.45) is 0 Å². The average molecular weight is 306 g/mol. The summed E-state index contributed by atoms with van der Waals surface area (Å²) < 4.78 is 0. The smallest absolute Gasteiger partial charge is 0.00266 e. The highest BCUT2D eigenvalue weighted by atomic mass is 14.1. The molecule has 0 atom stereocenters. The molecule has 0 N–H and O–H groups in total. The van der Waals surface area contributed by atoms with Crippen LogP contribution in [0.1, 0.15) is 35.3 Å². The normalized spacial score (nSPS) is 9.43. The fourth-order valence-corrected chi connectivity index (χ4v) is 3.07. The molecular weight excluding hydrogens is 276 g/mol. The Morgan fingerprint density at radius 1 is 0.522 bits per heavy atom. The fourth-order valence-electron chi connectivity index (χ4n) is 3.07. The van der Waals surface area contributed by atoms with Crippen molar-refractivity contribution in [2.45, 2.75) is 36.6 Å². The van der Waals surface area contributed by atoms with E-state index in [1.807, 2.05) is 0 Å². The number of hydrogen-bond acceptors (Lipinski definition) is 0. The number of fused-ring (bicyclic) bond motifs is 5. The van der Waals surface area contributed by atoms with Crippen molar-refractivity contribution < 1.29 is 0 Å². The Labute approximate surface area is 141 Å². The van der Waals surface area contributed by atoms with Crippen LogP contribution in [0.15, 0.2) is 66.7 Å². The minimum atomic E-state index is 0. The Morgan fingerprint density at radius 3 is 1.74 bits per heavy atom. The third kappa shape index (κ3) is 3.07. The van der Waals surface area contributed by atoms with Crippen LogP contribution in [0.3, 0.4) is 0 Å². The van der Waals surface area contributed by atoms with Crippen LogP contribution < -0.4 is 0 Å². The molecule has 0 fully saturated rings. The van der Waals surface area contributed by atoms with Gasteiger partial charge < -0.3 is 0 Å². The first-order chi connectivity index (χ1) is 9.34. The van der Waals surface area contributed by atoms with Gasteiger partial charge in [0.1, 0.15) is 0 Å². The van der Waals surface area contributed by atoms with Gasteiger partial charge in [0.25, 0.3) is 0 Å². The Balaban J connectivity index is 0.00000121. The van der Waals surface area contributed by atoms with Crippen molar-refractivity contribution in [2.75, 3.05) is 0 Å². The lowest BCUT2D eigenvalue weighted by atomic mass is 9.94. The molecule has 0 saturated heterocycles. The molecule has 0 saturated carbocycles. The van der Waals surface area contributed by atoms with Crippen molar-refractivity contribution in [3.8, 4) is 0 Å². The Hall–Kier alpha value is -2.34. The minimum Gasteiger partial charge on any atom is -0.0776 e. The molecule has 4 aromatic rings. The number of rotatable bonds is 0. The van der Waals surface area contributed by atoms with Gasteiger partial charge in [-0.25, -0.2) is 0 Å². The highest BCUT2D eigenvalue weighted by molar-refractivity contribution is 6.20. The molecule has 0 aliphatic heterocycles. The van der Waals surface area contributed by atoms with E-state index < -0.39 is 0 Å². The van der Waals surface area contributed by atoms with Gasteiger partial charge in [0.15, 0.2) is 0 Å². The van der Waals surface area contributed by atoms with Crippen molar-refractivity contribution in [3.63, 3.8) is 0 Å². The molecule has 0 nitrogen and oxygen atoms in total. The summed E-state index contributed by atoms with van der Waals surface area (Å²) in [4.78, 5) is 0. The molecule has 4 aromatic carbocycles. The third-order valence-corrected chi connectivity index (χ3v) is 3.95. The molecule has 0 aromatic heterocycles. The summed E-state index contributed by atoms with van der Waals surface area (Å²) in [5.41, 5.74) is 1.35. The monoisotopic (exact) mass is 306 g/mol. The first-order valence-electron chi connectivity index (χ1n) is 6.64. The van der Waals surface area contributed by atoms with Gasteiger partial charge in [-0.3, -0.25) is 0 Å². The van der Waals surface area contributed by atoms with Gasteiger partial charge in [0.2, 0.25) is 0 Å². The Kier molecular flexibility index (Phi) is 6.99. The van der Waals surface area contributed by atoms with Gasteiger partial charge >= 0.3 is 0 Å². The minimum absolute atomic E-state index is 0. The average Bonchev–Trinajstić information content (AvgIpc) is 2.47. The van der Waals surface area contributed by atoms with Crippen LogP contribution in [0.2, 0.25) is 0 Å². The standard InChI is InChI=1S/C19H14.4CH4/c1-13-12-15-11-10-14-6-2-3-8-17(14)19(15)18-9-5-4-7-16(13)18;;;;/h2-12H,1H3;4*1H4. The lowest BCUT2D eigenvalue weighted by Crippen LogP contribution is -1.84. The van der Waals surface area contributed by atoms with E-state index in [1.165, 1.54) is 37.9 Å². The van der Waals surface area contributed by atoms with Crippen LogP contribution in [0, 0.1) is 6.92 Å². The van der Waals surface area contributed by atoms with Crippen molar-refractivity contribution >= 4 is 32.3 Å². The molecular formula is C23H30. The molecule has 0 radical (unpaired) electrons. The lowest BCUT2D eigenvalue weighted by molar-refractivity contribution is 1.56. The van der Waals surface area contributed by atoms with Gasteiger partial charge in [0.05, 0.1) is 0 Å². The molecule has 0 amide bonds. The van der Waals surface area contributed by atoms with E-state index in [4.69, 9.17) is 0 Å². The largest absolute Gasteiger partial charge is 0.0776 e. The van der Waals surface area contributed by atoms with Gasteiger partial charge in [-0.15, -0.1) is 0 Å². The molecule has 0 bridgehead atoms. The van der Waals surface area contributed by atoms with Crippen LogP contribution in [0.4, 0.5) is 0 Å². The molecule has 0 spiro atoms. The zero-order valence-electron chi connectivity index (χ0n) is 10.9. The summed E-state index contributed by atoms with van der Waals surface area (Å²) in [5, 5.41) is 8.06. The first kappa shape index (κ1) is 20.7. The van der Waals surface area contributed by atoms with Crippen molar-refractivity contribution in [1.82, 2.24) is 0 Å². The number of aryl methyl sites for hydroxylation is 1. The van der Waals surface area contributed by atoms with Crippen LogP contribution in [0.5, 0.6) is 0 Å². The zero-order chi connectivity index (χ0) is 12.8. The lowest BCUT2D eigenvalue weighted by Gasteiger charge is -2.10. The molecule has 122 valence electrons. The fraction of sp³-hybridized carbons (Fsp3) is 0.217. The van der Waals surface area contributed by atoms with Gasteiger partial charge in [0, 0.05) is 0 Å². The van der Waals surface area contributed by atoms with Crippen molar-refractivity contribution in [3.05, 3.63) is 72.3 Å². The molecule has 23 heavy (non-hydrogen) atoms. The molecule has 0 heterocycles. The summed E-state index contributed by atoms with van der Waals surface area (Å²) >= 11 is 0. The maximum absolute atomic E-state index is 2.30. The van der Waals surface area contributed by atoms with Crippen molar-refractivity contribution in [1.29, 1.82) is 0 Å². The van der Waals surface area contributed by atoms with E-state index in [2.05, 4.69) is 73.7 Å². The highest BCUT2D eigenvalue weighted by Gasteiger charge is 2.06. The third-order valence-electron chi connectivity index (χ3n) is 3.95. The van der Waals surface area contributed by atoms with E-state index >= 15 is 0 Å². The van der Waals surface area contributed by atoms with Crippen LogP contribution in [-0.4, -0.2) is 0 Å². The maximum Gasteiger partial charge on any atom is -0.00266 e. The Bertz CT molecular complexity index is 917. The SMILES string of the molecule is C.C.C.C.Cc1cc2ccc3ccccc3c2c2ccccc12. The predicted octanol–water partition coefficient (Wildman–Crippen LogP) is 8.00. The van der Waals surface area contributed by atoms with Crippen LogP contribution in [0.25, 0.3) is 32.3 Å². The number of hydrogen-bond donors (Lipinski definition) is 0. The van der Waals surface area contributed by atoms with E-state index in [0.717, 1.165) is 0 Å². The summed E-state index contributed by atoms with van der Waals surface area (Å²) in [6.07, 6.45) is 0. The summed E-state index contributed by atoms with van der Waals surface area (Å²) in [6.45, 7) is 2.19. The number of benzene rings is 4. The van der Waals surface area contributed by atoms with Gasteiger partial charge in [-0.05, 0) is 44.8 Å².